The number of rotatable bonds is 4. The number of nitrogens with zero attached hydrogens (tertiary/aromatic N) is 1. The average Bonchev–Trinajstić information content (AvgIpc) is 2.77. The van der Waals surface area contributed by atoms with E-state index in [0.717, 1.165) is 17.8 Å². The van der Waals surface area contributed by atoms with Crippen LogP contribution in [0.3, 0.4) is 0 Å². The molecule has 1 aromatic carbocycles. The molecule has 1 heterocycles. The van der Waals surface area contributed by atoms with Crippen molar-refractivity contribution in [1.29, 1.82) is 0 Å². The number of aromatic nitrogens is 1. The van der Waals surface area contributed by atoms with E-state index in [9.17, 15) is 9.18 Å². The summed E-state index contributed by atoms with van der Waals surface area (Å²) in [6.45, 7) is 1.95. The second-order valence-electron chi connectivity index (χ2n) is 3.98. The summed E-state index contributed by atoms with van der Waals surface area (Å²) in [5, 5.41) is 9.66. The third kappa shape index (κ3) is 2.93. The number of carboxylic acid groups (broad SMARTS) is 1. The van der Waals surface area contributed by atoms with Crippen molar-refractivity contribution in [1.82, 2.24) is 4.98 Å². The van der Waals surface area contributed by atoms with Gasteiger partial charge in [0.2, 0.25) is 0 Å². The van der Waals surface area contributed by atoms with Crippen LogP contribution in [0.25, 0.3) is 10.6 Å². The number of thiazole rings is 1. The lowest BCUT2D eigenvalue weighted by Crippen LogP contribution is -1.98. The molecular formula is C13H11ClFNO2S. The van der Waals surface area contributed by atoms with Crippen molar-refractivity contribution in [3.05, 3.63) is 39.6 Å². The van der Waals surface area contributed by atoms with Gasteiger partial charge in [-0.2, -0.15) is 0 Å². The van der Waals surface area contributed by atoms with Crippen LogP contribution in [0.1, 0.15) is 28.7 Å². The second kappa shape index (κ2) is 5.67. The zero-order valence-corrected chi connectivity index (χ0v) is 11.7. The van der Waals surface area contributed by atoms with Crippen molar-refractivity contribution in [2.45, 2.75) is 19.8 Å². The molecule has 0 radical (unpaired) electrons. The van der Waals surface area contributed by atoms with Gasteiger partial charge < -0.3 is 5.11 Å². The second-order valence-corrected chi connectivity index (χ2v) is 5.39. The van der Waals surface area contributed by atoms with Crippen molar-refractivity contribution >= 4 is 28.9 Å². The van der Waals surface area contributed by atoms with Crippen LogP contribution in [0.2, 0.25) is 5.02 Å². The Kier molecular flexibility index (Phi) is 4.17. The molecule has 100 valence electrons. The zero-order valence-electron chi connectivity index (χ0n) is 10.1. The minimum atomic E-state index is -0.998. The van der Waals surface area contributed by atoms with Gasteiger partial charge in [0.25, 0.3) is 0 Å². The van der Waals surface area contributed by atoms with Crippen LogP contribution in [-0.4, -0.2) is 16.1 Å². The molecule has 2 aromatic rings. The topological polar surface area (TPSA) is 50.2 Å². The number of aryl methyl sites for hydroxylation is 1. The summed E-state index contributed by atoms with van der Waals surface area (Å²) in [5.74, 6) is -1.54. The average molecular weight is 300 g/mol. The minimum absolute atomic E-state index is 0.0348. The molecule has 0 atom stereocenters. The van der Waals surface area contributed by atoms with E-state index in [4.69, 9.17) is 16.7 Å². The summed E-state index contributed by atoms with van der Waals surface area (Å²) in [6, 6.07) is 4.34. The summed E-state index contributed by atoms with van der Waals surface area (Å²) in [5.41, 5.74) is 1.09. The first-order chi connectivity index (χ1) is 9.02. The smallest absolute Gasteiger partial charge is 0.347 e. The molecule has 19 heavy (non-hydrogen) atoms. The van der Waals surface area contributed by atoms with Gasteiger partial charge in [0, 0.05) is 5.56 Å². The highest BCUT2D eigenvalue weighted by Crippen LogP contribution is 2.30. The molecule has 6 heteroatoms. The van der Waals surface area contributed by atoms with Crippen molar-refractivity contribution in [3.8, 4) is 10.6 Å². The van der Waals surface area contributed by atoms with E-state index in [1.807, 2.05) is 6.92 Å². The first kappa shape index (κ1) is 14.0. The molecule has 0 saturated heterocycles. The van der Waals surface area contributed by atoms with Gasteiger partial charge in [-0.15, -0.1) is 11.3 Å². The summed E-state index contributed by atoms with van der Waals surface area (Å²) < 4.78 is 13.4. The quantitative estimate of drug-likeness (QED) is 0.918. The molecule has 0 saturated carbocycles. The Bertz CT molecular complexity index is 627. The highest BCUT2D eigenvalue weighted by Gasteiger charge is 2.18. The monoisotopic (exact) mass is 299 g/mol. The Balaban J connectivity index is 2.47. The first-order valence-corrected chi connectivity index (χ1v) is 6.90. The van der Waals surface area contributed by atoms with Crippen LogP contribution in [0.5, 0.6) is 0 Å². The molecule has 0 aliphatic rings. The molecule has 1 aromatic heterocycles. The van der Waals surface area contributed by atoms with E-state index in [0.29, 0.717) is 22.7 Å². The molecule has 0 fully saturated rings. The summed E-state index contributed by atoms with van der Waals surface area (Å²) in [4.78, 5) is 15.6. The van der Waals surface area contributed by atoms with Crippen LogP contribution in [0, 0.1) is 5.82 Å². The van der Waals surface area contributed by atoms with Gasteiger partial charge in [-0.05, 0) is 18.6 Å². The van der Waals surface area contributed by atoms with Crippen LogP contribution in [0.15, 0.2) is 18.2 Å². The molecule has 2 rings (SSSR count). The van der Waals surface area contributed by atoms with E-state index in [1.54, 1.807) is 6.07 Å². The van der Waals surface area contributed by atoms with Crippen molar-refractivity contribution in [2.75, 3.05) is 0 Å². The number of hydrogen-bond donors (Lipinski definition) is 1. The fraction of sp³-hybridized carbons (Fsp3) is 0.231. The Labute approximate surface area is 118 Å². The first-order valence-electron chi connectivity index (χ1n) is 5.71. The Morgan fingerprint density at radius 3 is 2.84 bits per heavy atom. The predicted molar refractivity (Wildman–Crippen MR) is 73.5 cm³/mol. The molecule has 0 aliphatic heterocycles. The number of aromatic carboxylic acids is 1. The molecule has 0 unspecified atom stereocenters. The van der Waals surface area contributed by atoms with E-state index >= 15 is 0 Å². The number of benzene rings is 1. The minimum Gasteiger partial charge on any atom is -0.477 e. The summed E-state index contributed by atoms with van der Waals surface area (Å²) in [7, 11) is 0. The SMILES string of the molecule is CCCc1nc(-c2ccc(Cl)c(F)c2)sc1C(=O)O. The standard InChI is InChI=1S/C13H11ClFNO2S/c1-2-3-10-11(13(17)18)19-12(16-10)7-4-5-8(14)9(15)6-7/h4-6H,2-3H2,1H3,(H,17,18). The van der Waals surface area contributed by atoms with E-state index in [2.05, 4.69) is 4.98 Å². The van der Waals surface area contributed by atoms with Gasteiger partial charge in [-0.1, -0.05) is 31.0 Å². The van der Waals surface area contributed by atoms with Gasteiger partial charge in [-0.25, -0.2) is 14.2 Å². The van der Waals surface area contributed by atoms with Gasteiger partial charge in [0.15, 0.2) is 0 Å². The molecule has 0 aliphatic carbocycles. The maximum atomic E-state index is 13.4. The molecule has 3 nitrogen and oxygen atoms in total. The number of halogens is 2. The Morgan fingerprint density at radius 1 is 1.53 bits per heavy atom. The molecular weight excluding hydrogens is 289 g/mol. The lowest BCUT2D eigenvalue weighted by Gasteiger charge is -1.98. The summed E-state index contributed by atoms with van der Waals surface area (Å²) in [6.07, 6.45) is 1.40. The third-order valence-corrected chi connectivity index (χ3v) is 3.99. The fourth-order valence-corrected chi connectivity index (χ4v) is 2.74. The number of hydrogen-bond acceptors (Lipinski definition) is 3. The normalized spacial score (nSPS) is 10.7. The van der Waals surface area contributed by atoms with E-state index in [1.165, 1.54) is 12.1 Å². The molecule has 0 amide bonds. The van der Waals surface area contributed by atoms with Crippen molar-refractivity contribution < 1.29 is 14.3 Å². The van der Waals surface area contributed by atoms with Crippen LogP contribution in [-0.2, 0) is 6.42 Å². The maximum absolute atomic E-state index is 13.4. The highest BCUT2D eigenvalue weighted by molar-refractivity contribution is 7.17. The Hall–Kier alpha value is -1.46. The molecule has 0 bridgehead atoms. The van der Waals surface area contributed by atoms with Crippen LogP contribution < -0.4 is 0 Å². The van der Waals surface area contributed by atoms with Gasteiger partial charge >= 0.3 is 5.97 Å². The van der Waals surface area contributed by atoms with E-state index in [-0.39, 0.29) is 9.90 Å². The largest absolute Gasteiger partial charge is 0.477 e. The van der Waals surface area contributed by atoms with Crippen molar-refractivity contribution in [2.24, 2.45) is 0 Å². The van der Waals surface area contributed by atoms with Crippen LogP contribution in [0.4, 0.5) is 4.39 Å². The predicted octanol–water partition coefficient (Wildman–Crippen LogP) is 4.25. The lowest BCUT2D eigenvalue weighted by molar-refractivity contribution is 0.0700. The van der Waals surface area contributed by atoms with E-state index < -0.39 is 11.8 Å². The van der Waals surface area contributed by atoms with Gasteiger partial charge in [0.1, 0.15) is 15.7 Å². The fourth-order valence-electron chi connectivity index (χ4n) is 1.68. The zero-order chi connectivity index (χ0) is 14.0. The van der Waals surface area contributed by atoms with Gasteiger partial charge in [-0.3, -0.25) is 0 Å². The lowest BCUT2D eigenvalue weighted by atomic mass is 10.2. The number of carbonyl (C=O) groups is 1. The molecule has 1 N–H and O–H groups in total. The van der Waals surface area contributed by atoms with Crippen LogP contribution >= 0.6 is 22.9 Å². The third-order valence-electron chi connectivity index (χ3n) is 2.54. The van der Waals surface area contributed by atoms with Crippen molar-refractivity contribution in [3.63, 3.8) is 0 Å². The summed E-state index contributed by atoms with van der Waals surface area (Å²) >= 11 is 6.67. The molecule has 0 spiro atoms. The maximum Gasteiger partial charge on any atom is 0.347 e. The Morgan fingerprint density at radius 2 is 2.26 bits per heavy atom. The van der Waals surface area contributed by atoms with Gasteiger partial charge in [0.05, 0.1) is 10.7 Å². The highest BCUT2D eigenvalue weighted by atomic mass is 35.5. The number of carboxylic acids is 1.